The number of hydrogen-bond donors (Lipinski definition) is 0. The Hall–Kier alpha value is -0.920. The Morgan fingerprint density at radius 3 is 2.85 bits per heavy atom. The number of hydrogen-bond acceptors (Lipinski definition) is 2. The summed E-state index contributed by atoms with van der Waals surface area (Å²) < 4.78 is 0. The van der Waals surface area contributed by atoms with Crippen molar-refractivity contribution >= 4 is 0 Å². The van der Waals surface area contributed by atoms with Gasteiger partial charge in [-0.15, -0.1) is 0 Å². The summed E-state index contributed by atoms with van der Waals surface area (Å²) in [6.07, 6.45) is 5.77. The second-order valence-electron chi connectivity index (χ2n) is 3.75. The number of rotatable bonds is 2. The van der Waals surface area contributed by atoms with Gasteiger partial charge in [0.2, 0.25) is 0 Å². The molecule has 13 heavy (non-hydrogen) atoms. The number of nitrogens with zero attached hydrogens (tertiary/aromatic N) is 2. The molecule has 1 aromatic rings. The van der Waals surface area contributed by atoms with Crippen molar-refractivity contribution in [3.8, 4) is 0 Å². The van der Waals surface area contributed by atoms with Crippen LogP contribution in [0.15, 0.2) is 0 Å². The summed E-state index contributed by atoms with van der Waals surface area (Å²) in [5.74, 6) is 1.04. The Kier molecular flexibility index (Phi) is 2.30. The third kappa shape index (κ3) is 1.58. The van der Waals surface area contributed by atoms with E-state index in [1.807, 2.05) is 0 Å². The zero-order chi connectivity index (χ0) is 9.26. The number of fused-ring (bicyclic) bond motifs is 1. The Bertz CT molecular complexity index is 318. The molecule has 1 heterocycles. The third-order valence-electron chi connectivity index (χ3n) is 2.66. The Morgan fingerprint density at radius 1 is 1.23 bits per heavy atom. The summed E-state index contributed by atoms with van der Waals surface area (Å²) in [5, 5.41) is 0. The highest BCUT2D eigenvalue weighted by Gasteiger charge is 2.16. The van der Waals surface area contributed by atoms with Gasteiger partial charge in [0.1, 0.15) is 5.82 Å². The largest absolute Gasteiger partial charge is 0.238 e. The number of aromatic nitrogens is 2. The van der Waals surface area contributed by atoms with Crippen molar-refractivity contribution < 1.29 is 0 Å². The molecule has 0 unspecified atom stereocenters. The predicted octanol–water partition coefficient (Wildman–Crippen LogP) is 2.23. The van der Waals surface area contributed by atoms with Crippen molar-refractivity contribution in [2.45, 2.75) is 46.0 Å². The monoisotopic (exact) mass is 176 g/mol. The average molecular weight is 176 g/mol. The summed E-state index contributed by atoms with van der Waals surface area (Å²) >= 11 is 0. The highest BCUT2D eigenvalue weighted by atomic mass is 14.9. The second kappa shape index (κ2) is 3.44. The molecule has 2 heteroatoms. The van der Waals surface area contributed by atoms with Gasteiger partial charge < -0.3 is 0 Å². The maximum atomic E-state index is 4.59. The van der Waals surface area contributed by atoms with Crippen LogP contribution in [0.1, 0.15) is 42.5 Å². The summed E-state index contributed by atoms with van der Waals surface area (Å²) in [7, 11) is 0. The first kappa shape index (κ1) is 8.67. The van der Waals surface area contributed by atoms with Crippen molar-refractivity contribution in [2.24, 2.45) is 0 Å². The van der Waals surface area contributed by atoms with E-state index in [9.17, 15) is 0 Å². The molecule has 0 aromatic carbocycles. The molecule has 0 fully saturated rings. The van der Waals surface area contributed by atoms with E-state index in [-0.39, 0.29) is 0 Å². The lowest BCUT2D eigenvalue weighted by molar-refractivity contribution is 0.805. The van der Waals surface area contributed by atoms with Crippen molar-refractivity contribution in [1.29, 1.82) is 0 Å². The molecule has 0 atom stereocenters. The fourth-order valence-corrected chi connectivity index (χ4v) is 2.02. The fraction of sp³-hybridized carbons (Fsp3) is 0.636. The predicted molar refractivity (Wildman–Crippen MR) is 52.8 cm³/mol. The first-order chi connectivity index (χ1) is 6.31. The van der Waals surface area contributed by atoms with Crippen LogP contribution in [0.25, 0.3) is 0 Å². The third-order valence-corrected chi connectivity index (χ3v) is 2.66. The van der Waals surface area contributed by atoms with Gasteiger partial charge in [-0.3, -0.25) is 0 Å². The van der Waals surface area contributed by atoms with Gasteiger partial charge in [-0.1, -0.05) is 6.92 Å². The van der Waals surface area contributed by atoms with Crippen LogP contribution >= 0.6 is 0 Å². The van der Waals surface area contributed by atoms with Crippen LogP contribution in [0, 0.1) is 6.92 Å². The van der Waals surface area contributed by atoms with Crippen molar-refractivity contribution in [1.82, 2.24) is 9.97 Å². The van der Waals surface area contributed by atoms with E-state index in [0.29, 0.717) is 0 Å². The van der Waals surface area contributed by atoms with Gasteiger partial charge >= 0.3 is 0 Å². The second-order valence-corrected chi connectivity index (χ2v) is 3.75. The SMILES string of the molecule is CCCc1nc(C)c2c(n1)CCC2. The van der Waals surface area contributed by atoms with Crippen LogP contribution in [0.5, 0.6) is 0 Å². The first-order valence-corrected chi connectivity index (χ1v) is 5.16. The zero-order valence-electron chi connectivity index (χ0n) is 8.43. The lowest BCUT2D eigenvalue weighted by atomic mass is 10.2. The zero-order valence-corrected chi connectivity index (χ0v) is 8.43. The molecule has 1 aliphatic carbocycles. The van der Waals surface area contributed by atoms with Gasteiger partial charge in [-0.2, -0.15) is 0 Å². The standard InChI is InChI=1S/C11H16N2/c1-3-5-11-12-8(2)9-6-4-7-10(9)13-11/h3-7H2,1-2H3. The topological polar surface area (TPSA) is 25.8 Å². The molecule has 0 bridgehead atoms. The molecule has 0 spiro atoms. The molecule has 2 rings (SSSR count). The van der Waals surface area contributed by atoms with Crippen LogP contribution in [-0.4, -0.2) is 9.97 Å². The molecule has 70 valence electrons. The van der Waals surface area contributed by atoms with Gasteiger partial charge in [0, 0.05) is 17.8 Å². The van der Waals surface area contributed by atoms with Crippen molar-refractivity contribution in [3.63, 3.8) is 0 Å². The average Bonchev–Trinajstić information content (AvgIpc) is 2.53. The molecule has 0 saturated heterocycles. The summed E-state index contributed by atoms with van der Waals surface area (Å²) in [6, 6.07) is 0. The minimum Gasteiger partial charge on any atom is -0.238 e. The highest BCUT2D eigenvalue weighted by Crippen LogP contribution is 2.22. The molecule has 0 radical (unpaired) electrons. The van der Waals surface area contributed by atoms with Crippen LogP contribution in [0.2, 0.25) is 0 Å². The van der Waals surface area contributed by atoms with E-state index in [2.05, 4.69) is 23.8 Å². The van der Waals surface area contributed by atoms with Gasteiger partial charge in [0.25, 0.3) is 0 Å². The minimum absolute atomic E-state index is 1.02. The summed E-state index contributed by atoms with van der Waals surface area (Å²) in [6.45, 7) is 4.29. The van der Waals surface area contributed by atoms with Crippen molar-refractivity contribution in [3.05, 3.63) is 22.8 Å². The maximum Gasteiger partial charge on any atom is 0.128 e. The molecule has 1 aliphatic rings. The molecule has 1 aromatic heterocycles. The lowest BCUT2D eigenvalue weighted by Gasteiger charge is -2.05. The van der Waals surface area contributed by atoms with Crippen LogP contribution in [-0.2, 0) is 19.3 Å². The lowest BCUT2D eigenvalue weighted by Crippen LogP contribution is -2.02. The van der Waals surface area contributed by atoms with E-state index in [1.54, 1.807) is 0 Å². The molecule has 0 aliphatic heterocycles. The molecule has 0 N–H and O–H groups in total. The van der Waals surface area contributed by atoms with E-state index in [4.69, 9.17) is 0 Å². The Balaban J connectivity index is 2.37. The first-order valence-electron chi connectivity index (χ1n) is 5.16. The van der Waals surface area contributed by atoms with Gasteiger partial charge in [0.05, 0.1) is 0 Å². The minimum atomic E-state index is 1.02. The molecule has 2 nitrogen and oxygen atoms in total. The smallest absolute Gasteiger partial charge is 0.128 e. The maximum absolute atomic E-state index is 4.59. The van der Waals surface area contributed by atoms with Crippen molar-refractivity contribution in [2.75, 3.05) is 0 Å². The van der Waals surface area contributed by atoms with E-state index in [1.165, 1.54) is 29.8 Å². The molecular formula is C11H16N2. The van der Waals surface area contributed by atoms with Crippen LogP contribution in [0.3, 0.4) is 0 Å². The van der Waals surface area contributed by atoms with Gasteiger partial charge in [0.15, 0.2) is 0 Å². The summed E-state index contributed by atoms with van der Waals surface area (Å²) in [4.78, 5) is 9.12. The van der Waals surface area contributed by atoms with Gasteiger partial charge in [-0.25, -0.2) is 9.97 Å². The number of aryl methyl sites for hydroxylation is 3. The van der Waals surface area contributed by atoms with E-state index < -0.39 is 0 Å². The fourth-order valence-electron chi connectivity index (χ4n) is 2.02. The quantitative estimate of drug-likeness (QED) is 0.690. The summed E-state index contributed by atoms with van der Waals surface area (Å²) in [5.41, 5.74) is 3.95. The molecular weight excluding hydrogens is 160 g/mol. The normalized spacial score (nSPS) is 14.6. The van der Waals surface area contributed by atoms with Crippen LogP contribution < -0.4 is 0 Å². The van der Waals surface area contributed by atoms with Crippen LogP contribution in [0.4, 0.5) is 0 Å². The Labute approximate surface area is 79.4 Å². The van der Waals surface area contributed by atoms with E-state index in [0.717, 1.165) is 25.1 Å². The Morgan fingerprint density at radius 2 is 2.08 bits per heavy atom. The highest BCUT2D eigenvalue weighted by molar-refractivity contribution is 5.29. The van der Waals surface area contributed by atoms with Gasteiger partial charge in [-0.05, 0) is 38.2 Å². The molecule has 0 saturated carbocycles. The molecule has 0 amide bonds. The van der Waals surface area contributed by atoms with E-state index >= 15 is 0 Å².